The summed E-state index contributed by atoms with van der Waals surface area (Å²) in [5, 5.41) is 3.68. The highest BCUT2D eigenvalue weighted by Crippen LogP contribution is 2.20. The highest BCUT2D eigenvalue weighted by Gasteiger charge is 2.33. The predicted octanol–water partition coefficient (Wildman–Crippen LogP) is 0.843. The van der Waals surface area contributed by atoms with Crippen LogP contribution in [0.15, 0.2) is 9.42 Å². The zero-order valence-electron chi connectivity index (χ0n) is 14.5. The molecule has 136 valence electrons. The Morgan fingerprint density at radius 3 is 2.42 bits per heavy atom. The molecule has 1 saturated heterocycles. The largest absolute Gasteiger partial charge is 0.378 e. The van der Waals surface area contributed by atoms with Gasteiger partial charge in [-0.2, -0.15) is 4.72 Å². The molecule has 0 aromatic carbocycles. The summed E-state index contributed by atoms with van der Waals surface area (Å²) in [5.74, 6) is 0.150. The van der Waals surface area contributed by atoms with Gasteiger partial charge in [0.2, 0.25) is 15.9 Å². The number of rotatable bonds is 6. The van der Waals surface area contributed by atoms with Crippen molar-refractivity contribution in [2.45, 2.75) is 45.1 Å². The van der Waals surface area contributed by atoms with E-state index >= 15 is 0 Å². The van der Waals surface area contributed by atoms with Crippen molar-refractivity contribution in [3.8, 4) is 0 Å². The van der Waals surface area contributed by atoms with Crippen LogP contribution in [-0.4, -0.2) is 56.7 Å². The van der Waals surface area contributed by atoms with Crippen molar-refractivity contribution < 1.29 is 22.5 Å². The molecule has 1 aromatic rings. The molecule has 1 N–H and O–H groups in total. The average Bonchev–Trinajstić information content (AvgIpc) is 2.85. The van der Waals surface area contributed by atoms with Gasteiger partial charge in [0, 0.05) is 13.1 Å². The molecule has 1 aliphatic heterocycles. The number of nitrogens with one attached hydrogen (secondary N) is 1. The highest BCUT2D eigenvalue weighted by molar-refractivity contribution is 7.89. The fourth-order valence-corrected chi connectivity index (χ4v) is 4.31. The number of hydrogen-bond acceptors (Lipinski definition) is 6. The molecule has 8 nitrogen and oxygen atoms in total. The molecule has 2 heterocycles. The Bertz CT molecular complexity index is 658. The Hall–Kier alpha value is -1.45. The third kappa shape index (κ3) is 4.34. The van der Waals surface area contributed by atoms with E-state index in [-0.39, 0.29) is 28.2 Å². The zero-order valence-corrected chi connectivity index (χ0v) is 15.4. The van der Waals surface area contributed by atoms with Crippen molar-refractivity contribution >= 4 is 15.9 Å². The third-order valence-corrected chi connectivity index (χ3v) is 5.58. The first kappa shape index (κ1) is 18.9. The smallest absolute Gasteiger partial charge is 0.246 e. The molecule has 0 unspecified atom stereocenters. The van der Waals surface area contributed by atoms with Crippen LogP contribution >= 0.6 is 0 Å². The van der Waals surface area contributed by atoms with Crippen LogP contribution in [0.25, 0.3) is 0 Å². The maximum absolute atomic E-state index is 12.8. The summed E-state index contributed by atoms with van der Waals surface area (Å²) >= 11 is 0. The zero-order chi connectivity index (χ0) is 17.9. The normalized spacial score (nSPS) is 17.3. The first-order valence-corrected chi connectivity index (χ1v) is 9.52. The van der Waals surface area contributed by atoms with Crippen LogP contribution in [0.4, 0.5) is 0 Å². The first-order valence-electron chi connectivity index (χ1n) is 8.04. The number of carbonyl (C=O) groups excluding carboxylic acids is 1. The minimum atomic E-state index is -3.89. The predicted molar refractivity (Wildman–Crippen MR) is 86.9 cm³/mol. The number of carbonyl (C=O) groups is 1. The van der Waals surface area contributed by atoms with E-state index in [4.69, 9.17) is 9.26 Å². The fourth-order valence-electron chi connectivity index (χ4n) is 2.78. The third-order valence-electron chi connectivity index (χ3n) is 3.86. The van der Waals surface area contributed by atoms with Gasteiger partial charge in [0.1, 0.15) is 16.6 Å². The van der Waals surface area contributed by atoms with E-state index in [9.17, 15) is 13.2 Å². The van der Waals surface area contributed by atoms with Crippen molar-refractivity contribution in [1.82, 2.24) is 14.8 Å². The number of ether oxygens (including phenoxy) is 1. The number of amides is 1. The topological polar surface area (TPSA) is 102 Å². The number of aromatic nitrogens is 1. The molecule has 0 saturated carbocycles. The van der Waals surface area contributed by atoms with Gasteiger partial charge in [0.25, 0.3) is 0 Å². The first-order chi connectivity index (χ1) is 11.2. The summed E-state index contributed by atoms with van der Waals surface area (Å²) in [6.45, 7) is 8.88. The number of sulfonamides is 1. The SMILES string of the molecule is Cc1noc(C)c1S(=O)(=O)N[C@H](CC(C)C)C(=O)N1CCOCC1. The van der Waals surface area contributed by atoms with Crippen molar-refractivity contribution in [3.63, 3.8) is 0 Å². The summed E-state index contributed by atoms with van der Waals surface area (Å²) < 4.78 is 38.1. The lowest BCUT2D eigenvalue weighted by atomic mass is 10.0. The van der Waals surface area contributed by atoms with Gasteiger partial charge < -0.3 is 14.2 Å². The minimum absolute atomic E-state index is 0.00559. The summed E-state index contributed by atoms with van der Waals surface area (Å²) in [7, 11) is -3.89. The van der Waals surface area contributed by atoms with Crippen LogP contribution < -0.4 is 4.72 Å². The Morgan fingerprint density at radius 1 is 1.29 bits per heavy atom. The highest BCUT2D eigenvalue weighted by atomic mass is 32.2. The summed E-state index contributed by atoms with van der Waals surface area (Å²) in [4.78, 5) is 14.4. The summed E-state index contributed by atoms with van der Waals surface area (Å²) in [5.41, 5.74) is 0.280. The van der Waals surface area contributed by atoms with Crippen LogP contribution in [-0.2, 0) is 19.6 Å². The van der Waals surface area contributed by atoms with Crippen LogP contribution in [0, 0.1) is 19.8 Å². The molecule has 0 radical (unpaired) electrons. The van der Waals surface area contributed by atoms with Crippen molar-refractivity contribution in [2.75, 3.05) is 26.3 Å². The van der Waals surface area contributed by atoms with E-state index in [1.165, 1.54) is 6.92 Å². The van der Waals surface area contributed by atoms with Gasteiger partial charge >= 0.3 is 0 Å². The molecular weight excluding hydrogens is 334 g/mol. The van der Waals surface area contributed by atoms with Gasteiger partial charge in [0.05, 0.1) is 13.2 Å². The monoisotopic (exact) mass is 359 g/mol. The Balaban J connectivity index is 2.23. The van der Waals surface area contributed by atoms with E-state index in [0.29, 0.717) is 32.7 Å². The molecule has 9 heteroatoms. The Morgan fingerprint density at radius 2 is 1.92 bits per heavy atom. The maximum atomic E-state index is 12.8. The van der Waals surface area contributed by atoms with Gasteiger partial charge in [0.15, 0.2) is 5.76 Å². The van der Waals surface area contributed by atoms with Crippen LogP contribution in [0.2, 0.25) is 0 Å². The molecule has 1 aromatic heterocycles. The molecule has 1 aliphatic rings. The number of hydrogen-bond donors (Lipinski definition) is 1. The second kappa shape index (κ2) is 7.62. The number of morpholine rings is 1. The molecule has 0 bridgehead atoms. The molecule has 0 spiro atoms. The van der Waals surface area contributed by atoms with Crippen LogP contribution in [0.1, 0.15) is 31.7 Å². The van der Waals surface area contributed by atoms with E-state index in [1.54, 1.807) is 11.8 Å². The second-order valence-corrected chi connectivity index (χ2v) is 8.05. The summed E-state index contributed by atoms with van der Waals surface area (Å²) in [6, 6.07) is -0.818. The molecule has 2 rings (SSSR count). The van der Waals surface area contributed by atoms with E-state index in [1.807, 2.05) is 13.8 Å². The minimum Gasteiger partial charge on any atom is -0.378 e. The van der Waals surface area contributed by atoms with E-state index in [2.05, 4.69) is 9.88 Å². The van der Waals surface area contributed by atoms with Crippen LogP contribution in [0.5, 0.6) is 0 Å². The Labute approximate surface area is 142 Å². The van der Waals surface area contributed by atoms with E-state index in [0.717, 1.165) is 0 Å². The van der Waals surface area contributed by atoms with Gasteiger partial charge in [-0.05, 0) is 26.2 Å². The lowest BCUT2D eigenvalue weighted by Gasteiger charge is -2.31. The fraction of sp³-hybridized carbons (Fsp3) is 0.733. The molecule has 1 amide bonds. The standard InChI is InChI=1S/C15H25N3O5S/c1-10(2)9-13(15(19)18-5-7-22-8-6-18)17-24(20,21)14-11(3)16-23-12(14)4/h10,13,17H,5-9H2,1-4H3/t13-/m1/s1. The lowest BCUT2D eigenvalue weighted by molar-refractivity contribution is -0.137. The van der Waals surface area contributed by atoms with Gasteiger partial charge in [-0.1, -0.05) is 19.0 Å². The quantitative estimate of drug-likeness (QED) is 0.808. The van der Waals surface area contributed by atoms with Crippen molar-refractivity contribution in [1.29, 1.82) is 0 Å². The molecular formula is C15H25N3O5S. The van der Waals surface area contributed by atoms with Gasteiger partial charge in [-0.25, -0.2) is 8.42 Å². The number of nitrogens with zero attached hydrogens (tertiary/aromatic N) is 2. The average molecular weight is 359 g/mol. The van der Waals surface area contributed by atoms with Gasteiger partial charge in [-0.3, -0.25) is 4.79 Å². The van der Waals surface area contributed by atoms with E-state index < -0.39 is 16.1 Å². The molecule has 1 atom stereocenters. The van der Waals surface area contributed by atoms with Crippen molar-refractivity contribution in [2.24, 2.45) is 5.92 Å². The maximum Gasteiger partial charge on any atom is 0.246 e. The summed E-state index contributed by atoms with van der Waals surface area (Å²) in [6.07, 6.45) is 0.415. The molecule has 0 aliphatic carbocycles. The lowest BCUT2D eigenvalue weighted by Crippen LogP contribution is -2.52. The second-order valence-electron chi connectivity index (χ2n) is 6.39. The number of aryl methyl sites for hydroxylation is 2. The molecule has 1 fully saturated rings. The van der Waals surface area contributed by atoms with Crippen LogP contribution in [0.3, 0.4) is 0 Å². The Kier molecular flexibility index (Phi) is 6.00. The van der Waals surface area contributed by atoms with Gasteiger partial charge in [-0.15, -0.1) is 0 Å². The molecule has 24 heavy (non-hydrogen) atoms. The van der Waals surface area contributed by atoms with Crippen molar-refractivity contribution in [3.05, 3.63) is 11.5 Å².